The molecule has 0 aliphatic heterocycles. The maximum atomic E-state index is 13.9. The van der Waals surface area contributed by atoms with E-state index in [0.717, 1.165) is 37.8 Å². The second kappa shape index (κ2) is 5.26. The Morgan fingerprint density at radius 1 is 1.10 bits per heavy atom. The molecule has 1 nitrogen and oxygen atoms in total. The zero-order chi connectivity index (χ0) is 14.3. The van der Waals surface area contributed by atoms with Crippen LogP contribution < -0.4 is 0 Å². The minimum absolute atomic E-state index is 0.0201. The lowest BCUT2D eigenvalue weighted by Crippen LogP contribution is -2.02. The van der Waals surface area contributed by atoms with Gasteiger partial charge in [-0.15, -0.1) is 11.3 Å². The van der Waals surface area contributed by atoms with E-state index in [4.69, 9.17) is 0 Å². The monoisotopic (exact) mass is 294 g/mol. The maximum absolute atomic E-state index is 13.9. The first-order valence-corrected chi connectivity index (χ1v) is 7.63. The van der Waals surface area contributed by atoms with Crippen LogP contribution in [0.1, 0.15) is 45.4 Å². The molecule has 20 heavy (non-hydrogen) atoms. The van der Waals surface area contributed by atoms with Crippen LogP contribution in [-0.4, -0.2) is 5.11 Å². The smallest absolute Gasteiger partial charge is 0.129 e. The van der Waals surface area contributed by atoms with Crippen LogP contribution >= 0.6 is 11.3 Å². The quantitative estimate of drug-likeness (QED) is 0.875. The molecule has 1 unspecified atom stereocenters. The van der Waals surface area contributed by atoms with Crippen molar-refractivity contribution in [1.82, 2.24) is 0 Å². The van der Waals surface area contributed by atoms with Gasteiger partial charge in [-0.2, -0.15) is 0 Å². The molecule has 0 spiro atoms. The molecule has 1 N–H and O–H groups in total. The molecule has 1 aromatic heterocycles. The van der Waals surface area contributed by atoms with E-state index >= 15 is 0 Å². The highest BCUT2D eigenvalue weighted by atomic mass is 32.1. The number of rotatable bonds is 2. The van der Waals surface area contributed by atoms with E-state index in [1.54, 1.807) is 0 Å². The normalized spacial score (nSPS) is 16.0. The number of fused-ring (bicyclic) bond motifs is 1. The predicted molar refractivity (Wildman–Crippen MR) is 76.1 cm³/mol. The van der Waals surface area contributed by atoms with Crippen molar-refractivity contribution in [3.8, 4) is 0 Å². The highest BCUT2D eigenvalue weighted by Gasteiger charge is 2.22. The van der Waals surface area contributed by atoms with Crippen molar-refractivity contribution in [1.29, 1.82) is 0 Å². The number of hydrogen-bond acceptors (Lipinski definition) is 2. The van der Waals surface area contributed by atoms with Crippen molar-refractivity contribution in [3.05, 3.63) is 56.3 Å². The van der Waals surface area contributed by atoms with E-state index in [2.05, 4.69) is 0 Å². The van der Waals surface area contributed by atoms with Gasteiger partial charge in [0.15, 0.2) is 0 Å². The predicted octanol–water partition coefficient (Wildman–Crippen LogP) is 4.30. The Labute approximate surface area is 120 Å². The van der Waals surface area contributed by atoms with Gasteiger partial charge in [-0.25, -0.2) is 8.78 Å². The summed E-state index contributed by atoms with van der Waals surface area (Å²) in [5.74, 6) is -1.04. The first-order chi connectivity index (χ1) is 9.56. The minimum Gasteiger partial charge on any atom is -0.383 e. The van der Waals surface area contributed by atoms with Crippen LogP contribution in [-0.2, 0) is 12.8 Å². The van der Waals surface area contributed by atoms with E-state index in [0.29, 0.717) is 4.88 Å². The van der Waals surface area contributed by atoms with Gasteiger partial charge in [0.1, 0.15) is 17.7 Å². The third-order valence-electron chi connectivity index (χ3n) is 3.86. The van der Waals surface area contributed by atoms with Crippen LogP contribution in [0.25, 0.3) is 0 Å². The van der Waals surface area contributed by atoms with Crippen molar-refractivity contribution in [3.63, 3.8) is 0 Å². The second-order valence-corrected chi connectivity index (χ2v) is 6.50. The first-order valence-electron chi connectivity index (χ1n) is 6.81. The summed E-state index contributed by atoms with van der Waals surface area (Å²) in [7, 11) is 0. The summed E-state index contributed by atoms with van der Waals surface area (Å²) in [4.78, 5) is 1.98. The van der Waals surface area contributed by atoms with E-state index < -0.39 is 17.7 Å². The zero-order valence-electron chi connectivity index (χ0n) is 11.2. The van der Waals surface area contributed by atoms with Gasteiger partial charge in [0.25, 0.3) is 0 Å². The molecule has 4 heteroatoms. The fourth-order valence-corrected chi connectivity index (χ4v) is 3.94. The molecule has 1 aliphatic rings. The lowest BCUT2D eigenvalue weighted by molar-refractivity contribution is 0.218. The van der Waals surface area contributed by atoms with Crippen molar-refractivity contribution in [2.24, 2.45) is 0 Å². The van der Waals surface area contributed by atoms with Crippen molar-refractivity contribution >= 4 is 11.3 Å². The molecule has 1 heterocycles. The second-order valence-electron chi connectivity index (χ2n) is 5.33. The maximum Gasteiger partial charge on any atom is 0.129 e. The number of aryl methyl sites for hydroxylation is 3. The van der Waals surface area contributed by atoms with Gasteiger partial charge in [0.05, 0.1) is 0 Å². The molecule has 2 aromatic rings. The van der Waals surface area contributed by atoms with Crippen molar-refractivity contribution < 1.29 is 13.9 Å². The Hall–Kier alpha value is -1.26. The number of thiophene rings is 1. The van der Waals surface area contributed by atoms with E-state index in [-0.39, 0.29) is 11.1 Å². The molecule has 0 amide bonds. The molecule has 0 bridgehead atoms. The number of hydrogen-bond donors (Lipinski definition) is 1. The van der Waals surface area contributed by atoms with Gasteiger partial charge in [-0.1, -0.05) is 0 Å². The summed E-state index contributed by atoms with van der Waals surface area (Å²) in [6.07, 6.45) is 3.28. The van der Waals surface area contributed by atoms with E-state index in [9.17, 15) is 13.9 Å². The fourth-order valence-electron chi connectivity index (χ4n) is 2.67. The molecule has 0 fully saturated rings. The van der Waals surface area contributed by atoms with Gasteiger partial charge < -0.3 is 5.11 Å². The Balaban J connectivity index is 1.98. The van der Waals surface area contributed by atoms with Crippen LogP contribution in [0.2, 0.25) is 0 Å². The molecule has 1 atom stereocenters. The Morgan fingerprint density at radius 2 is 1.85 bits per heavy atom. The van der Waals surface area contributed by atoms with Crippen LogP contribution in [0.5, 0.6) is 0 Å². The summed E-state index contributed by atoms with van der Waals surface area (Å²) in [5.41, 5.74) is 1.53. The van der Waals surface area contributed by atoms with Crippen molar-refractivity contribution in [2.45, 2.75) is 38.7 Å². The highest BCUT2D eigenvalue weighted by Crippen LogP contribution is 2.36. The lowest BCUT2D eigenvalue weighted by Gasteiger charge is -2.11. The number of aliphatic hydroxyl groups is 1. The average Bonchev–Trinajstić information content (AvgIpc) is 2.86. The summed E-state index contributed by atoms with van der Waals surface area (Å²) in [6, 6.07) is 4.19. The summed E-state index contributed by atoms with van der Waals surface area (Å²) in [5, 5.41) is 10.3. The Bertz CT molecular complexity index is 625. The Morgan fingerprint density at radius 3 is 2.60 bits per heavy atom. The number of halogens is 2. The van der Waals surface area contributed by atoms with Gasteiger partial charge in [-0.3, -0.25) is 0 Å². The Kier molecular flexibility index (Phi) is 3.61. The third kappa shape index (κ3) is 2.38. The zero-order valence-corrected chi connectivity index (χ0v) is 12.1. The third-order valence-corrected chi connectivity index (χ3v) is 5.15. The van der Waals surface area contributed by atoms with Crippen LogP contribution in [0.4, 0.5) is 8.78 Å². The topological polar surface area (TPSA) is 20.2 Å². The van der Waals surface area contributed by atoms with Crippen LogP contribution in [0.3, 0.4) is 0 Å². The molecule has 0 saturated carbocycles. The number of benzene rings is 1. The first kappa shape index (κ1) is 13.7. The van der Waals surface area contributed by atoms with Gasteiger partial charge in [0.2, 0.25) is 0 Å². The van der Waals surface area contributed by atoms with Crippen LogP contribution in [0.15, 0.2) is 18.2 Å². The molecule has 1 aromatic carbocycles. The van der Waals surface area contributed by atoms with Crippen LogP contribution in [0, 0.1) is 18.6 Å². The van der Waals surface area contributed by atoms with E-state index in [1.807, 2.05) is 6.07 Å². The molecule has 3 rings (SSSR count). The van der Waals surface area contributed by atoms with Gasteiger partial charge >= 0.3 is 0 Å². The SMILES string of the molecule is Cc1cc(F)c(C(O)c2cc3c(s2)CCCC3)cc1F. The molecule has 0 radical (unpaired) electrons. The van der Waals surface area contributed by atoms with Gasteiger partial charge in [0, 0.05) is 15.3 Å². The number of aliphatic hydroxyl groups excluding tert-OH is 1. The van der Waals surface area contributed by atoms with Gasteiger partial charge in [-0.05, 0) is 61.9 Å². The minimum atomic E-state index is -1.08. The largest absolute Gasteiger partial charge is 0.383 e. The summed E-state index contributed by atoms with van der Waals surface area (Å²) in [6.45, 7) is 1.51. The lowest BCUT2D eigenvalue weighted by atomic mass is 9.98. The molecular weight excluding hydrogens is 278 g/mol. The average molecular weight is 294 g/mol. The molecular formula is C16H16F2OS. The standard InChI is InChI=1S/C16H16F2OS/c1-9-6-13(18)11(8-12(9)17)16(19)15-7-10-4-2-3-5-14(10)20-15/h6-8,16,19H,2-5H2,1H3. The molecule has 106 valence electrons. The van der Waals surface area contributed by atoms with E-state index in [1.165, 1.54) is 28.7 Å². The fraction of sp³-hybridized carbons (Fsp3) is 0.375. The summed E-state index contributed by atoms with van der Waals surface area (Å²) >= 11 is 1.52. The van der Waals surface area contributed by atoms with Crippen molar-refractivity contribution in [2.75, 3.05) is 0 Å². The molecule has 0 saturated heterocycles. The molecule has 1 aliphatic carbocycles. The highest BCUT2D eigenvalue weighted by molar-refractivity contribution is 7.12. The summed E-state index contributed by atoms with van der Waals surface area (Å²) < 4.78 is 27.5.